The molecule has 2 atom stereocenters. The van der Waals surface area contributed by atoms with Gasteiger partial charge in [-0.2, -0.15) is 0 Å². The average Bonchev–Trinajstić information content (AvgIpc) is 2.12. The maximum atomic E-state index is 8.77. The van der Waals surface area contributed by atoms with Crippen LogP contribution >= 0.6 is 11.8 Å². The van der Waals surface area contributed by atoms with Crippen LogP contribution in [0.1, 0.15) is 6.42 Å². The Morgan fingerprint density at radius 1 is 1.88 bits per heavy atom. The molecule has 0 aromatic heterocycles. The first-order valence-corrected chi connectivity index (χ1v) is 3.49. The molecule has 0 aromatic carbocycles. The van der Waals surface area contributed by atoms with Crippen LogP contribution in [0.2, 0.25) is 0 Å². The summed E-state index contributed by atoms with van der Waals surface area (Å²) in [6.07, 6.45) is 2.27. The molecule has 0 spiro atoms. The molecular weight excluding hydrogens is 122 g/mol. The second kappa shape index (κ2) is 2.53. The minimum atomic E-state index is -0.657. The summed E-state index contributed by atoms with van der Waals surface area (Å²) in [4.78, 5) is 0. The Balaban J connectivity index is 2.29. The summed E-state index contributed by atoms with van der Waals surface area (Å²) >= 11 is 1.59. The zero-order valence-electron chi connectivity index (χ0n) is 4.45. The predicted octanol–water partition coefficient (Wildman–Crippen LogP) is 0.283. The maximum Gasteiger partial charge on any atom is 0.115 e. The molecule has 8 heavy (non-hydrogen) atoms. The molecule has 1 heterocycles. The normalized spacial score (nSPS) is 31.0. The number of aliphatic hydroxyl groups excluding tert-OH is 1. The topological polar surface area (TPSA) is 46.2 Å². The molecule has 1 aliphatic rings. The van der Waals surface area contributed by atoms with Crippen molar-refractivity contribution in [1.29, 1.82) is 0 Å². The van der Waals surface area contributed by atoms with Crippen LogP contribution in [-0.2, 0) is 0 Å². The Bertz CT molecular complexity index is 94.6. The number of nitrogens with two attached hydrogens (primary N) is 1. The Labute approximate surface area is 52.8 Å². The van der Waals surface area contributed by atoms with Gasteiger partial charge in [0.05, 0.1) is 5.25 Å². The van der Waals surface area contributed by atoms with Crippen molar-refractivity contribution >= 4 is 11.8 Å². The lowest BCUT2D eigenvalue weighted by Gasteiger charge is -2.09. The second-order valence-electron chi connectivity index (χ2n) is 1.77. The molecule has 3 heteroatoms. The summed E-state index contributed by atoms with van der Waals surface area (Å²) < 4.78 is 0. The van der Waals surface area contributed by atoms with Gasteiger partial charge in [0.25, 0.3) is 0 Å². The van der Waals surface area contributed by atoms with Crippen molar-refractivity contribution < 1.29 is 5.11 Å². The van der Waals surface area contributed by atoms with E-state index >= 15 is 0 Å². The fraction of sp³-hybridized carbons (Fsp3) is 0.600. The summed E-state index contributed by atoms with van der Waals surface area (Å²) in [5.74, 6) is 0. The molecule has 3 N–H and O–H groups in total. The maximum absolute atomic E-state index is 8.77. The molecule has 2 unspecified atom stereocenters. The Kier molecular flexibility index (Phi) is 1.94. The Hall–Kier alpha value is 0.01000. The summed E-state index contributed by atoms with van der Waals surface area (Å²) in [5, 5.41) is 10.9. The molecule has 0 saturated heterocycles. The highest BCUT2D eigenvalue weighted by Gasteiger charge is 2.15. The third kappa shape index (κ3) is 1.24. The van der Waals surface area contributed by atoms with Crippen LogP contribution < -0.4 is 5.73 Å². The highest BCUT2D eigenvalue weighted by atomic mass is 32.2. The molecule has 0 aromatic rings. The summed E-state index contributed by atoms with van der Waals surface area (Å²) in [7, 11) is 0. The minimum Gasteiger partial charge on any atom is -0.378 e. The van der Waals surface area contributed by atoms with E-state index in [4.69, 9.17) is 10.8 Å². The fourth-order valence-electron chi connectivity index (χ4n) is 0.622. The van der Waals surface area contributed by atoms with Crippen molar-refractivity contribution in [2.24, 2.45) is 5.73 Å². The molecule has 1 aliphatic heterocycles. The lowest BCUT2D eigenvalue weighted by molar-refractivity contribution is 0.180. The van der Waals surface area contributed by atoms with E-state index in [1.165, 1.54) is 0 Å². The van der Waals surface area contributed by atoms with E-state index in [0.717, 1.165) is 6.42 Å². The molecule has 0 saturated carbocycles. The van der Waals surface area contributed by atoms with Crippen molar-refractivity contribution in [3.63, 3.8) is 0 Å². The molecule has 0 bridgehead atoms. The first-order chi connectivity index (χ1) is 3.80. The van der Waals surface area contributed by atoms with Gasteiger partial charge < -0.3 is 10.8 Å². The van der Waals surface area contributed by atoms with E-state index in [1.54, 1.807) is 11.8 Å². The van der Waals surface area contributed by atoms with E-state index in [9.17, 15) is 0 Å². The fourth-order valence-corrected chi connectivity index (χ4v) is 1.43. The molecular formula is C5H9NOS. The molecule has 1 rings (SSSR count). The van der Waals surface area contributed by atoms with E-state index in [2.05, 4.69) is 0 Å². The Morgan fingerprint density at radius 2 is 2.62 bits per heavy atom. The minimum absolute atomic E-state index is 0.204. The van der Waals surface area contributed by atoms with Crippen molar-refractivity contribution in [1.82, 2.24) is 0 Å². The van der Waals surface area contributed by atoms with Crippen molar-refractivity contribution in [3.05, 3.63) is 11.5 Å². The molecule has 2 nitrogen and oxygen atoms in total. The van der Waals surface area contributed by atoms with Gasteiger partial charge in [0.2, 0.25) is 0 Å². The lowest BCUT2D eigenvalue weighted by Crippen LogP contribution is -2.29. The number of allylic oxidation sites excluding steroid dienone is 1. The van der Waals surface area contributed by atoms with Gasteiger partial charge in [-0.1, -0.05) is 6.08 Å². The van der Waals surface area contributed by atoms with Gasteiger partial charge in [-0.05, 0) is 11.8 Å². The highest BCUT2D eigenvalue weighted by molar-refractivity contribution is 8.03. The van der Waals surface area contributed by atoms with Crippen molar-refractivity contribution in [2.45, 2.75) is 17.9 Å². The number of rotatable bonds is 1. The number of hydrogen-bond donors (Lipinski definition) is 2. The molecule has 0 fully saturated rings. The van der Waals surface area contributed by atoms with E-state index < -0.39 is 6.23 Å². The number of hydrogen-bond acceptors (Lipinski definition) is 3. The van der Waals surface area contributed by atoms with Crippen LogP contribution in [0.15, 0.2) is 11.5 Å². The Morgan fingerprint density at radius 3 is 2.88 bits per heavy atom. The van der Waals surface area contributed by atoms with Gasteiger partial charge in [-0.15, -0.1) is 11.8 Å². The molecule has 0 aliphatic carbocycles. The van der Waals surface area contributed by atoms with Gasteiger partial charge in [0, 0.05) is 0 Å². The van der Waals surface area contributed by atoms with Gasteiger partial charge in [0.1, 0.15) is 6.23 Å². The van der Waals surface area contributed by atoms with Crippen LogP contribution in [0, 0.1) is 0 Å². The van der Waals surface area contributed by atoms with E-state index in [0.29, 0.717) is 0 Å². The van der Waals surface area contributed by atoms with Crippen molar-refractivity contribution in [2.75, 3.05) is 0 Å². The molecule has 0 amide bonds. The summed E-state index contributed by atoms with van der Waals surface area (Å²) in [6.45, 7) is 0. The van der Waals surface area contributed by atoms with Crippen LogP contribution in [0.3, 0.4) is 0 Å². The number of thioether (sulfide) groups is 1. The van der Waals surface area contributed by atoms with Crippen LogP contribution in [-0.4, -0.2) is 16.6 Å². The van der Waals surface area contributed by atoms with Gasteiger partial charge in [0.15, 0.2) is 0 Å². The first kappa shape index (κ1) is 6.13. The lowest BCUT2D eigenvalue weighted by atomic mass is 10.3. The standard InChI is InChI=1S/C5H9NOS/c6-5(7)4-2-1-3-8-4/h1,3-5,7H,2,6H2. The molecule has 0 radical (unpaired) electrons. The predicted molar refractivity (Wildman–Crippen MR) is 35.3 cm³/mol. The number of aliphatic hydroxyl groups is 1. The van der Waals surface area contributed by atoms with Crippen LogP contribution in [0.4, 0.5) is 0 Å². The monoisotopic (exact) mass is 131 g/mol. The van der Waals surface area contributed by atoms with Gasteiger partial charge in [-0.3, -0.25) is 0 Å². The highest BCUT2D eigenvalue weighted by Crippen LogP contribution is 2.24. The third-order valence-electron chi connectivity index (χ3n) is 1.10. The van der Waals surface area contributed by atoms with Gasteiger partial charge in [-0.25, -0.2) is 0 Å². The van der Waals surface area contributed by atoms with Crippen LogP contribution in [0.25, 0.3) is 0 Å². The first-order valence-electron chi connectivity index (χ1n) is 2.55. The zero-order chi connectivity index (χ0) is 5.98. The largest absolute Gasteiger partial charge is 0.378 e. The summed E-state index contributed by atoms with van der Waals surface area (Å²) in [6, 6.07) is 0. The average molecular weight is 131 g/mol. The third-order valence-corrected chi connectivity index (χ3v) is 2.27. The summed E-state index contributed by atoms with van der Waals surface area (Å²) in [5.41, 5.74) is 5.19. The van der Waals surface area contributed by atoms with Crippen LogP contribution in [0.5, 0.6) is 0 Å². The smallest absolute Gasteiger partial charge is 0.115 e. The second-order valence-corrected chi connectivity index (χ2v) is 2.92. The van der Waals surface area contributed by atoms with Gasteiger partial charge >= 0.3 is 0 Å². The van der Waals surface area contributed by atoms with Crippen molar-refractivity contribution in [3.8, 4) is 0 Å². The zero-order valence-corrected chi connectivity index (χ0v) is 5.27. The molecule has 46 valence electrons. The van der Waals surface area contributed by atoms with E-state index in [-0.39, 0.29) is 5.25 Å². The SMILES string of the molecule is NC(O)C1CC=CS1. The quantitative estimate of drug-likeness (QED) is 0.502. The van der Waals surface area contributed by atoms with E-state index in [1.807, 2.05) is 11.5 Å².